The van der Waals surface area contributed by atoms with E-state index in [1.54, 1.807) is 13.0 Å². The molecule has 0 fully saturated rings. The number of carbonyl (C=O) groups excluding carboxylic acids is 1. The molecule has 1 aromatic heterocycles. The molecule has 94 valence electrons. The highest BCUT2D eigenvalue weighted by atomic mass is 16.3. The Morgan fingerprint density at radius 2 is 2.06 bits per heavy atom. The van der Waals surface area contributed by atoms with Crippen molar-refractivity contribution in [3.63, 3.8) is 0 Å². The number of carbonyl (C=O) groups is 1. The standard InChI is InChI=1S/C13H15N3O2/c1-7-4-5-10(14)11(8(7)2)16-13(17)12-9(3)15-6-18-12/h4-6H,14H2,1-3H3,(H,16,17). The molecule has 0 saturated carbocycles. The molecule has 0 aliphatic carbocycles. The second-order valence-corrected chi connectivity index (χ2v) is 4.19. The number of aromatic nitrogens is 1. The zero-order valence-electron chi connectivity index (χ0n) is 10.6. The van der Waals surface area contributed by atoms with Gasteiger partial charge in [0.05, 0.1) is 17.1 Å². The molecule has 1 aromatic carbocycles. The molecule has 0 saturated heterocycles. The van der Waals surface area contributed by atoms with Gasteiger partial charge in [-0.1, -0.05) is 6.07 Å². The summed E-state index contributed by atoms with van der Waals surface area (Å²) < 4.78 is 5.04. The number of nitrogens with one attached hydrogen (secondary N) is 1. The smallest absolute Gasteiger partial charge is 0.293 e. The van der Waals surface area contributed by atoms with E-state index >= 15 is 0 Å². The summed E-state index contributed by atoms with van der Waals surface area (Å²) in [4.78, 5) is 15.9. The van der Waals surface area contributed by atoms with Crippen molar-refractivity contribution >= 4 is 17.3 Å². The van der Waals surface area contributed by atoms with Gasteiger partial charge < -0.3 is 15.5 Å². The molecule has 0 atom stereocenters. The van der Waals surface area contributed by atoms with Gasteiger partial charge in [-0.25, -0.2) is 4.98 Å². The van der Waals surface area contributed by atoms with E-state index in [4.69, 9.17) is 10.2 Å². The fourth-order valence-corrected chi connectivity index (χ4v) is 1.69. The number of rotatable bonds is 2. The molecule has 3 N–H and O–H groups in total. The lowest BCUT2D eigenvalue weighted by atomic mass is 10.1. The minimum Gasteiger partial charge on any atom is -0.438 e. The van der Waals surface area contributed by atoms with Crippen molar-refractivity contribution in [2.45, 2.75) is 20.8 Å². The van der Waals surface area contributed by atoms with Gasteiger partial charge in [0.25, 0.3) is 5.91 Å². The molecule has 0 bridgehead atoms. The molecule has 0 aliphatic heterocycles. The van der Waals surface area contributed by atoms with Gasteiger partial charge in [-0.05, 0) is 38.0 Å². The summed E-state index contributed by atoms with van der Waals surface area (Å²) in [6.07, 6.45) is 1.25. The largest absolute Gasteiger partial charge is 0.438 e. The monoisotopic (exact) mass is 245 g/mol. The van der Waals surface area contributed by atoms with Crippen molar-refractivity contribution < 1.29 is 9.21 Å². The highest BCUT2D eigenvalue weighted by molar-refractivity contribution is 6.05. The molecule has 2 aromatic rings. The van der Waals surface area contributed by atoms with Gasteiger partial charge >= 0.3 is 0 Å². The maximum absolute atomic E-state index is 12.0. The maximum Gasteiger partial charge on any atom is 0.293 e. The van der Waals surface area contributed by atoms with Crippen molar-refractivity contribution in [2.75, 3.05) is 11.1 Å². The van der Waals surface area contributed by atoms with Crippen LogP contribution in [0.3, 0.4) is 0 Å². The Balaban J connectivity index is 2.33. The van der Waals surface area contributed by atoms with E-state index in [2.05, 4.69) is 10.3 Å². The molecule has 0 spiro atoms. The highest BCUT2D eigenvalue weighted by Crippen LogP contribution is 2.26. The van der Waals surface area contributed by atoms with Crippen LogP contribution in [0.2, 0.25) is 0 Å². The van der Waals surface area contributed by atoms with Crippen molar-refractivity contribution in [1.82, 2.24) is 4.98 Å². The highest BCUT2D eigenvalue weighted by Gasteiger charge is 2.16. The van der Waals surface area contributed by atoms with Crippen LogP contribution < -0.4 is 11.1 Å². The fourth-order valence-electron chi connectivity index (χ4n) is 1.69. The zero-order chi connectivity index (χ0) is 13.3. The van der Waals surface area contributed by atoms with Crippen molar-refractivity contribution in [1.29, 1.82) is 0 Å². The van der Waals surface area contributed by atoms with Gasteiger partial charge in [0.15, 0.2) is 6.39 Å². The molecular formula is C13H15N3O2. The first-order valence-corrected chi connectivity index (χ1v) is 5.58. The van der Waals surface area contributed by atoms with E-state index in [9.17, 15) is 4.79 Å². The number of hydrogen-bond acceptors (Lipinski definition) is 4. The first kappa shape index (κ1) is 12.2. The van der Waals surface area contributed by atoms with Crippen LogP contribution in [0, 0.1) is 20.8 Å². The van der Waals surface area contributed by atoms with Crippen LogP contribution in [-0.4, -0.2) is 10.9 Å². The molecule has 1 amide bonds. The van der Waals surface area contributed by atoms with Crippen molar-refractivity contribution in [2.24, 2.45) is 0 Å². The summed E-state index contributed by atoms with van der Waals surface area (Å²) in [6.45, 7) is 5.59. The minimum absolute atomic E-state index is 0.204. The summed E-state index contributed by atoms with van der Waals surface area (Å²) >= 11 is 0. The van der Waals surface area contributed by atoms with Gasteiger partial charge in [-0.2, -0.15) is 0 Å². The molecule has 0 unspecified atom stereocenters. The normalized spacial score (nSPS) is 10.4. The van der Waals surface area contributed by atoms with Crippen LogP contribution in [0.25, 0.3) is 0 Å². The first-order valence-electron chi connectivity index (χ1n) is 5.58. The van der Waals surface area contributed by atoms with Crippen LogP contribution in [0.4, 0.5) is 11.4 Å². The number of nitrogen functional groups attached to an aromatic ring is 1. The number of anilines is 2. The van der Waals surface area contributed by atoms with Crippen LogP contribution >= 0.6 is 0 Å². The Kier molecular flexibility index (Phi) is 3.06. The number of nitrogens with zero attached hydrogens (tertiary/aromatic N) is 1. The second kappa shape index (κ2) is 4.52. The average molecular weight is 245 g/mol. The fraction of sp³-hybridized carbons (Fsp3) is 0.231. The molecule has 2 rings (SSSR count). The summed E-state index contributed by atoms with van der Waals surface area (Å²) in [7, 11) is 0. The van der Waals surface area contributed by atoms with Crippen LogP contribution in [0.5, 0.6) is 0 Å². The molecule has 5 nitrogen and oxygen atoms in total. The zero-order valence-corrected chi connectivity index (χ0v) is 10.6. The van der Waals surface area contributed by atoms with Gasteiger partial charge in [-0.15, -0.1) is 0 Å². The number of oxazole rings is 1. The topological polar surface area (TPSA) is 81.1 Å². The molecule has 0 radical (unpaired) electrons. The van der Waals surface area contributed by atoms with E-state index in [1.165, 1.54) is 6.39 Å². The van der Waals surface area contributed by atoms with Crippen LogP contribution in [0.1, 0.15) is 27.4 Å². The lowest BCUT2D eigenvalue weighted by Crippen LogP contribution is -2.15. The van der Waals surface area contributed by atoms with E-state index in [1.807, 2.05) is 19.9 Å². The lowest BCUT2D eigenvalue weighted by Gasteiger charge is -2.12. The van der Waals surface area contributed by atoms with Crippen LogP contribution in [-0.2, 0) is 0 Å². The van der Waals surface area contributed by atoms with Gasteiger partial charge in [0.1, 0.15) is 0 Å². The Labute approximate surface area is 105 Å². The minimum atomic E-state index is -0.342. The molecule has 1 heterocycles. The predicted octanol–water partition coefficient (Wildman–Crippen LogP) is 2.43. The maximum atomic E-state index is 12.0. The number of nitrogens with two attached hydrogens (primary N) is 1. The third-order valence-electron chi connectivity index (χ3n) is 2.96. The predicted molar refractivity (Wildman–Crippen MR) is 69.5 cm³/mol. The lowest BCUT2D eigenvalue weighted by molar-refractivity contribution is 0.0996. The van der Waals surface area contributed by atoms with Crippen molar-refractivity contribution in [3.05, 3.63) is 41.1 Å². The quantitative estimate of drug-likeness (QED) is 0.796. The summed E-state index contributed by atoms with van der Waals surface area (Å²) in [6, 6.07) is 3.69. The molecule has 18 heavy (non-hydrogen) atoms. The van der Waals surface area contributed by atoms with Crippen LogP contribution in [0.15, 0.2) is 22.9 Å². The molecule has 0 aliphatic rings. The number of aryl methyl sites for hydroxylation is 2. The first-order chi connectivity index (χ1) is 8.50. The van der Waals surface area contributed by atoms with Crippen molar-refractivity contribution in [3.8, 4) is 0 Å². The van der Waals surface area contributed by atoms with E-state index in [0.29, 0.717) is 17.1 Å². The number of hydrogen-bond donors (Lipinski definition) is 2. The summed E-state index contributed by atoms with van der Waals surface area (Å²) in [5.74, 6) is -0.138. The molecule has 5 heteroatoms. The summed E-state index contributed by atoms with van der Waals surface area (Å²) in [5, 5.41) is 2.76. The third kappa shape index (κ3) is 2.07. The van der Waals surface area contributed by atoms with Gasteiger partial charge in [0.2, 0.25) is 5.76 Å². The Bertz CT molecular complexity index is 602. The SMILES string of the molecule is Cc1ccc(N)c(NC(=O)c2ocnc2C)c1C. The molecular weight excluding hydrogens is 230 g/mol. The Hall–Kier alpha value is -2.30. The van der Waals surface area contributed by atoms with E-state index < -0.39 is 0 Å². The second-order valence-electron chi connectivity index (χ2n) is 4.19. The Morgan fingerprint density at radius 3 is 2.67 bits per heavy atom. The van der Waals surface area contributed by atoms with Gasteiger partial charge in [-0.3, -0.25) is 4.79 Å². The number of benzene rings is 1. The third-order valence-corrected chi connectivity index (χ3v) is 2.96. The Morgan fingerprint density at radius 1 is 1.33 bits per heavy atom. The summed E-state index contributed by atoms with van der Waals surface area (Å²) in [5.41, 5.74) is 9.58. The number of amides is 1. The van der Waals surface area contributed by atoms with E-state index in [-0.39, 0.29) is 11.7 Å². The van der Waals surface area contributed by atoms with Gasteiger partial charge in [0, 0.05) is 0 Å². The van der Waals surface area contributed by atoms with E-state index in [0.717, 1.165) is 11.1 Å². The average Bonchev–Trinajstić information content (AvgIpc) is 2.76.